The highest BCUT2D eigenvalue weighted by atomic mass is 16.3. The van der Waals surface area contributed by atoms with Crippen molar-refractivity contribution in [3.63, 3.8) is 0 Å². The lowest BCUT2D eigenvalue weighted by molar-refractivity contribution is 0.668. The van der Waals surface area contributed by atoms with Crippen LogP contribution in [-0.4, -0.2) is 9.97 Å². The highest BCUT2D eigenvalue weighted by Crippen LogP contribution is 2.41. The molecule has 0 bridgehead atoms. The normalized spacial score (nSPS) is 11.8. The van der Waals surface area contributed by atoms with E-state index in [2.05, 4.69) is 95.9 Å². The van der Waals surface area contributed by atoms with Crippen LogP contribution in [0.1, 0.15) is 0 Å². The number of hydrogen-bond donors (Lipinski definition) is 0. The minimum atomic E-state index is 0.761. The van der Waals surface area contributed by atoms with Crippen LogP contribution in [0, 0.1) is 0 Å². The van der Waals surface area contributed by atoms with Gasteiger partial charge in [-0.2, -0.15) is 0 Å². The first-order valence-corrected chi connectivity index (χ1v) is 15.7. The molecule has 10 rings (SSSR count). The van der Waals surface area contributed by atoms with Crippen LogP contribution in [0.4, 0.5) is 17.2 Å². The van der Waals surface area contributed by atoms with Crippen molar-refractivity contribution < 1.29 is 8.83 Å². The summed E-state index contributed by atoms with van der Waals surface area (Å²) in [7, 11) is 0. The molecule has 0 aliphatic carbocycles. The smallest absolute Gasteiger partial charge is 0.154 e. The van der Waals surface area contributed by atoms with Crippen LogP contribution in [0.2, 0.25) is 0 Å². The molecule has 47 heavy (non-hydrogen) atoms. The molecule has 0 saturated heterocycles. The molecule has 0 unspecified atom stereocenters. The lowest BCUT2D eigenvalue weighted by Gasteiger charge is -2.25. The van der Waals surface area contributed by atoms with Crippen LogP contribution in [0.25, 0.3) is 76.8 Å². The van der Waals surface area contributed by atoms with Crippen molar-refractivity contribution in [3.05, 3.63) is 152 Å². The molecule has 0 spiro atoms. The molecule has 4 aromatic heterocycles. The predicted molar refractivity (Wildman–Crippen MR) is 192 cm³/mol. The molecule has 0 N–H and O–H groups in total. The van der Waals surface area contributed by atoms with Gasteiger partial charge in [-0.05, 0) is 82.2 Å². The zero-order valence-electron chi connectivity index (χ0n) is 25.1. The van der Waals surface area contributed by atoms with Crippen LogP contribution < -0.4 is 4.90 Å². The first-order chi connectivity index (χ1) is 23.3. The molecule has 0 fully saturated rings. The molecule has 5 nitrogen and oxygen atoms in total. The van der Waals surface area contributed by atoms with Gasteiger partial charge in [0.15, 0.2) is 5.58 Å². The Labute approximate surface area is 268 Å². The predicted octanol–water partition coefficient (Wildman–Crippen LogP) is 11.7. The number of furan rings is 2. The monoisotopic (exact) mass is 603 g/mol. The summed E-state index contributed by atoms with van der Waals surface area (Å²) in [6.45, 7) is 0. The molecule has 0 amide bonds. The van der Waals surface area contributed by atoms with E-state index >= 15 is 0 Å². The van der Waals surface area contributed by atoms with E-state index in [1.54, 1.807) is 0 Å². The summed E-state index contributed by atoms with van der Waals surface area (Å²) >= 11 is 0. The van der Waals surface area contributed by atoms with Crippen LogP contribution in [-0.2, 0) is 0 Å². The van der Waals surface area contributed by atoms with E-state index in [-0.39, 0.29) is 0 Å². The topological polar surface area (TPSA) is 55.3 Å². The van der Waals surface area contributed by atoms with Gasteiger partial charge in [-0.1, -0.05) is 84.9 Å². The molecule has 0 aliphatic heterocycles. The lowest BCUT2D eigenvalue weighted by Crippen LogP contribution is -2.11. The van der Waals surface area contributed by atoms with Crippen LogP contribution in [0.3, 0.4) is 0 Å². The summed E-state index contributed by atoms with van der Waals surface area (Å²) in [5.41, 5.74) is 7.93. The fourth-order valence-electron chi connectivity index (χ4n) is 6.94. The molecule has 220 valence electrons. The Kier molecular flexibility index (Phi) is 5.51. The van der Waals surface area contributed by atoms with Gasteiger partial charge < -0.3 is 8.83 Å². The van der Waals surface area contributed by atoms with Crippen molar-refractivity contribution in [1.82, 2.24) is 9.97 Å². The van der Waals surface area contributed by atoms with Crippen molar-refractivity contribution in [2.45, 2.75) is 0 Å². The van der Waals surface area contributed by atoms with Crippen molar-refractivity contribution in [1.29, 1.82) is 0 Å². The SMILES string of the molecule is c1cc(-c2nccc3oc4ccccc4c23)cc(N(c2ccc3c(ccc4ccccc43)c2)c2ccc3oc4ccccc4c3n2)c1. The van der Waals surface area contributed by atoms with Gasteiger partial charge in [0.25, 0.3) is 0 Å². The van der Waals surface area contributed by atoms with Gasteiger partial charge in [-0.15, -0.1) is 0 Å². The number of fused-ring (bicyclic) bond motifs is 9. The number of rotatable bonds is 4. The summed E-state index contributed by atoms with van der Waals surface area (Å²) in [4.78, 5) is 12.3. The summed E-state index contributed by atoms with van der Waals surface area (Å²) in [5.74, 6) is 0.793. The van der Waals surface area contributed by atoms with E-state index in [1.165, 1.54) is 16.2 Å². The maximum Gasteiger partial charge on any atom is 0.154 e. The number of anilines is 3. The average molecular weight is 604 g/mol. The van der Waals surface area contributed by atoms with E-state index in [1.807, 2.05) is 60.8 Å². The van der Waals surface area contributed by atoms with Gasteiger partial charge >= 0.3 is 0 Å². The van der Waals surface area contributed by atoms with Crippen LogP contribution in [0.15, 0.2) is 161 Å². The Morgan fingerprint density at radius 1 is 0.468 bits per heavy atom. The number of hydrogen-bond acceptors (Lipinski definition) is 5. The highest BCUT2D eigenvalue weighted by molar-refractivity contribution is 6.12. The van der Waals surface area contributed by atoms with E-state index in [0.717, 1.165) is 77.8 Å². The number of pyridine rings is 2. The van der Waals surface area contributed by atoms with Crippen LogP contribution >= 0.6 is 0 Å². The largest absolute Gasteiger partial charge is 0.456 e. The maximum atomic E-state index is 6.20. The van der Waals surface area contributed by atoms with E-state index < -0.39 is 0 Å². The number of benzene rings is 6. The number of nitrogens with zero attached hydrogens (tertiary/aromatic N) is 3. The standard InChI is InChI=1S/C42H25N3O2/c1-2-11-31-26(8-1)16-17-27-24-30(18-19-32(27)31)45(39-21-20-38-42(44-39)34-13-4-6-15-36(34)47-38)29-10-7-9-28(25-29)41-40-33-12-3-5-14-35(33)46-37(40)22-23-43-41/h1-25H. The van der Waals surface area contributed by atoms with Gasteiger partial charge in [-0.25, -0.2) is 4.98 Å². The highest BCUT2D eigenvalue weighted by Gasteiger charge is 2.20. The second-order valence-electron chi connectivity index (χ2n) is 11.8. The molecular formula is C42H25N3O2. The molecule has 0 radical (unpaired) electrons. The number of aromatic nitrogens is 2. The Morgan fingerprint density at radius 2 is 1.19 bits per heavy atom. The molecule has 5 heteroatoms. The van der Waals surface area contributed by atoms with Crippen molar-refractivity contribution in [3.8, 4) is 11.3 Å². The molecule has 6 aromatic carbocycles. The molecule has 0 aliphatic rings. The third-order valence-corrected chi connectivity index (χ3v) is 9.09. The Morgan fingerprint density at radius 3 is 2.11 bits per heavy atom. The number of para-hydroxylation sites is 2. The van der Waals surface area contributed by atoms with Crippen LogP contribution in [0.5, 0.6) is 0 Å². The molecule has 10 aromatic rings. The fraction of sp³-hybridized carbons (Fsp3) is 0. The minimum Gasteiger partial charge on any atom is -0.456 e. The second-order valence-corrected chi connectivity index (χ2v) is 11.8. The first kappa shape index (κ1) is 25.8. The van der Waals surface area contributed by atoms with Gasteiger partial charge in [0.05, 0.1) is 11.1 Å². The van der Waals surface area contributed by atoms with Gasteiger partial charge in [0.1, 0.15) is 28.1 Å². The van der Waals surface area contributed by atoms with Gasteiger partial charge in [0.2, 0.25) is 0 Å². The summed E-state index contributed by atoms with van der Waals surface area (Å²) in [5, 5.41) is 7.89. The van der Waals surface area contributed by atoms with Crippen molar-refractivity contribution in [2.75, 3.05) is 4.90 Å². The van der Waals surface area contributed by atoms with Crippen molar-refractivity contribution in [2.24, 2.45) is 0 Å². The Bertz CT molecular complexity index is 2830. The van der Waals surface area contributed by atoms with Gasteiger partial charge in [-0.3, -0.25) is 9.88 Å². The minimum absolute atomic E-state index is 0.761. The summed E-state index contributed by atoms with van der Waals surface area (Å²) in [6, 6.07) is 50.2. The third-order valence-electron chi connectivity index (χ3n) is 9.09. The first-order valence-electron chi connectivity index (χ1n) is 15.7. The van der Waals surface area contributed by atoms with E-state index in [0.29, 0.717) is 0 Å². The third kappa shape index (κ3) is 4.03. The zero-order chi connectivity index (χ0) is 30.9. The maximum absolute atomic E-state index is 6.20. The van der Waals surface area contributed by atoms with Crippen molar-refractivity contribution >= 4 is 82.7 Å². The van der Waals surface area contributed by atoms with Gasteiger partial charge in [0, 0.05) is 33.9 Å². The average Bonchev–Trinajstić information content (AvgIpc) is 3.70. The molecule has 0 atom stereocenters. The van der Waals surface area contributed by atoms with E-state index in [9.17, 15) is 0 Å². The Balaban J connectivity index is 1.20. The Hall–Kier alpha value is -6.46. The second kappa shape index (κ2) is 10.0. The zero-order valence-corrected chi connectivity index (χ0v) is 25.1. The summed E-state index contributed by atoms with van der Waals surface area (Å²) < 4.78 is 12.3. The summed E-state index contributed by atoms with van der Waals surface area (Å²) in [6.07, 6.45) is 1.82. The quantitative estimate of drug-likeness (QED) is 0.187. The molecular weight excluding hydrogens is 578 g/mol. The molecule has 0 saturated carbocycles. The lowest BCUT2D eigenvalue weighted by atomic mass is 10.0. The van der Waals surface area contributed by atoms with E-state index in [4.69, 9.17) is 18.8 Å². The fourth-order valence-corrected chi connectivity index (χ4v) is 6.94. The molecule has 4 heterocycles.